The quantitative estimate of drug-likeness (QED) is 0.807. The van der Waals surface area contributed by atoms with Crippen LogP contribution in [0.1, 0.15) is 15.9 Å². The van der Waals surface area contributed by atoms with E-state index in [1.165, 1.54) is 0 Å². The Bertz CT molecular complexity index is 781. The monoisotopic (exact) mass is 379 g/mol. The van der Waals surface area contributed by atoms with Crippen LogP contribution in [0.3, 0.4) is 0 Å². The van der Waals surface area contributed by atoms with E-state index in [1.807, 2.05) is 24.1 Å². The van der Waals surface area contributed by atoms with Gasteiger partial charge >= 0.3 is 0 Å². The number of hydrogen-bond donors (Lipinski definition) is 2. The number of halogens is 2. The normalized spacial score (nSPS) is 10.6. The molecule has 0 aromatic heterocycles. The maximum atomic E-state index is 12.2. The summed E-state index contributed by atoms with van der Waals surface area (Å²) in [5.74, 6) is -0.390. The van der Waals surface area contributed by atoms with Crippen molar-refractivity contribution in [2.45, 2.75) is 6.54 Å². The van der Waals surface area contributed by atoms with Gasteiger partial charge in [-0.15, -0.1) is 0 Å². The van der Waals surface area contributed by atoms with Crippen LogP contribution in [0.2, 0.25) is 10.0 Å². The lowest BCUT2D eigenvalue weighted by atomic mass is 10.2. The van der Waals surface area contributed by atoms with E-state index in [-0.39, 0.29) is 18.4 Å². The third-order valence-electron chi connectivity index (χ3n) is 3.52. The summed E-state index contributed by atoms with van der Waals surface area (Å²) in [4.78, 5) is 25.7. The third-order valence-corrected chi connectivity index (χ3v) is 4.38. The number of anilines is 1. The van der Waals surface area contributed by atoms with E-state index in [1.54, 1.807) is 37.4 Å². The molecule has 5 nitrogen and oxygen atoms in total. The van der Waals surface area contributed by atoms with Gasteiger partial charge in [-0.3, -0.25) is 14.5 Å². The molecule has 7 heteroatoms. The zero-order chi connectivity index (χ0) is 18.4. The molecule has 2 aromatic rings. The summed E-state index contributed by atoms with van der Waals surface area (Å²) in [6.45, 7) is 0.665. The molecule has 2 N–H and O–H groups in total. The molecule has 25 heavy (non-hydrogen) atoms. The lowest BCUT2D eigenvalue weighted by molar-refractivity contribution is -0.117. The molecule has 2 aromatic carbocycles. The third kappa shape index (κ3) is 5.46. The van der Waals surface area contributed by atoms with Crippen molar-refractivity contribution in [3.05, 3.63) is 63.6 Å². The number of nitrogens with zero attached hydrogens (tertiary/aromatic N) is 1. The van der Waals surface area contributed by atoms with E-state index in [0.717, 1.165) is 5.56 Å². The highest BCUT2D eigenvalue weighted by Gasteiger charge is 2.11. The van der Waals surface area contributed by atoms with Gasteiger partial charge in [0.25, 0.3) is 5.91 Å². The van der Waals surface area contributed by atoms with Crippen LogP contribution in [0.4, 0.5) is 5.69 Å². The van der Waals surface area contributed by atoms with Gasteiger partial charge in [-0.2, -0.15) is 0 Å². The summed E-state index contributed by atoms with van der Waals surface area (Å²) < 4.78 is 0. The Hall–Kier alpha value is -2.08. The Morgan fingerprint density at radius 3 is 2.56 bits per heavy atom. The molecular weight excluding hydrogens is 361 g/mol. The van der Waals surface area contributed by atoms with Crippen molar-refractivity contribution < 1.29 is 9.59 Å². The van der Waals surface area contributed by atoms with Crippen LogP contribution >= 0.6 is 23.2 Å². The summed E-state index contributed by atoms with van der Waals surface area (Å²) in [5.41, 5.74) is 1.91. The zero-order valence-electron chi connectivity index (χ0n) is 14.0. The molecule has 2 amide bonds. The number of carbonyl (C=O) groups excluding carboxylic acids is 2. The SMILES string of the molecule is CNC(=O)c1cccc(NC(=O)CN(C)Cc2cccc(Cl)c2Cl)c1. The largest absolute Gasteiger partial charge is 0.355 e. The molecule has 0 saturated heterocycles. The first kappa shape index (κ1) is 19.2. The first-order valence-corrected chi connectivity index (χ1v) is 8.39. The summed E-state index contributed by atoms with van der Waals surface area (Å²) in [6.07, 6.45) is 0. The number of carbonyl (C=O) groups is 2. The van der Waals surface area contributed by atoms with E-state index in [0.29, 0.717) is 27.8 Å². The maximum absolute atomic E-state index is 12.2. The van der Waals surface area contributed by atoms with E-state index in [9.17, 15) is 9.59 Å². The molecule has 0 atom stereocenters. The standard InChI is InChI=1S/C18H19Cl2N3O2/c1-21-18(25)12-5-3-7-14(9-12)22-16(24)11-23(2)10-13-6-4-8-15(19)17(13)20/h3-9H,10-11H2,1-2H3,(H,21,25)(H,22,24). The average molecular weight is 380 g/mol. The lowest BCUT2D eigenvalue weighted by Crippen LogP contribution is -2.30. The highest BCUT2D eigenvalue weighted by molar-refractivity contribution is 6.42. The smallest absolute Gasteiger partial charge is 0.251 e. The molecule has 0 bridgehead atoms. The number of benzene rings is 2. The first-order valence-electron chi connectivity index (χ1n) is 7.64. The van der Waals surface area contributed by atoms with E-state index in [4.69, 9.17) is 23.2 Å². The summed E-state index contributed by atoms with van der Waals surface area (Å²) in [6, 6.07) is 12.2. The first-order chi connectivity index (χ1) is 11.9. The number of likely N-dealkylation sites (N-methyl/N-ethyl adjacent to an activating group) is 1. The van der Waals surface area contributed by atoms with Crippen molar-refractivity contribution in [1.82, 2.24) is 10.2 Å². The van der Waals surface area contributed by atoms with Gasteiger partial charge < -0.3 is 10.6 Å². The average Bonchev–Trinajstić information content (AvgIpc) is 2.58. The fourth-order valence-corrected chi connectivity index (χ4v) is 2.73. The topological polar surface area (TPSA) is 61.4 Å². The molecule has 0 heterocycles. The molecule has 0 radical (unpaired) electrons. The van der Waals surface area contributed by atoms with Crippen LogP contribution in [0.5, 0.6) is 0 Å². The predicted octanol–water partition coefficient (Wildman–Crippen LogP) is 3.42. The van der Waals surface area contributed by atoms with Crippen molar-refractivity contribution in [2.24, 2.45) is 0 Å². The molecule has 0 unspecified atom stereocenters. The molecule has 0 fully saturated rings. The molecule has 0 spiro atoms. The second-order valence-electron chi connectivity index (χ2n) is 5.59. The van der Waals surface area contributed by atoms with Gasteiger partial charge in [0.2, 0.25) is 5.91 Å². The van der Waals surface area contributed by atoms with Gasteiger partial charge in [-0.05, 0) is 36.9 Å². The van der Waals surface area contributed by atoms with Gasteiger partial charge in [0.15, 0.2) is 0 Å². The Kier molecular flexibility index (Phi) is 6.82. The lowest BCUT2D eigenvalue weighted by Gasteiger charge is -2.17. The van der Waals surface area contributed by atoms with Crippen LogP contribution in [0.25, 0.3) is 0 Å². The molecular formula is C18H19Cl2N3O2. The summed E-state index contributed by atoms with van der Waals surface area (Å²) in [7, 11) is 3.38. The Morgan fingerprint density at radius 2 is 1.84 bits per heavy atom. The Morgan fingerprint density at radius 1 is 1.12 bits per heavy atom. The molecule has 132 valence electrons. The zero-order valence-corrected chi connectivity index (χ0v) is 15.5. The molecule has 0 aliphatic rings. The molecule has 0 saturated carbocycles. The fraction of sp³-hybridized carbons (Fsp3) is 0.222. The maximum Gasteiger partial charge on any atom is 0.251 e. The van der Waals surface area contributed by atoms with Gasteiger partial charge in [-0.25, -0.2) is 0 Å². The second kappa shape index (κ2) is 8.85. The fourth-order valence-electron chi connectivity index (χ4n) is 2.35. The Labute approximate surface area is 156 Å². The minimum Gasteiger partial charge on any atom is -0.355 e. The van der Waals surface area contributed by atoms with E-state index >= 15 is 0 Å². The number of amides is 2. The minimum atomic E-state index is -0.205. The number of hydrogen-bond acceptors (Lipinski definition) is 3. The van der Waals surface area contributed by atoms with Crippen molar-refractivity contribution in [3.63, 3.8) is 0 Å². The number of rotatable bonds is 6. The van der Waals surface area contributed by atoms with E-state index < -0.39 is 0 Å². The van der Waals surface area contributed by atoms with Crippen LogP contribution in [0.15, 0.2) is 42.5 Å². The van der Waals surface area contributed by atoms with Crippen LogP contribution in [-0.4, -0.2) is 37.4 Å². The van der Waals surface area contributed by atoms with E-state index in [2.05, 4.69) is 10.6 Å². The molecule has 0 aliphatic heterocycles. The molecule has 0 aliphatic carbocycles. The van der Waals surface area contributed by atoms with Gasteiger partial charge in [0, 0.05) is 24.8 Å². The van der Waals surface area contributed by atoms with Crippen molar-refractivity contribution in [3.8, 4) is 0 Å². The summed E-state index contributed by atoms with van der Waals surface area (Å²) in [5, 5.41) is 6.32. The second-order valence-corrected chi connectivity index (χ2v) is 6.38. The van der Waals surface area contributed by atoms with Crippen molar-refractivity contribution in [1.29, 1.82) is 0 Å². The Balaban J connectivity index is 1.95. The van der Waals surface area contributed by atoms with Crippen LogP contribution in [0, 0.1) is 0 Å². The van der Waals surface area contributed by atoms with Crippen LogP contribution < -0.4 is 10.6 Å². The number of nitrogens with one attached hydrogen (secondary N) is 2. The van der Waals surface area contributed by atoms with Gasteiger partial charge in [0.1, 0.15) is 0 Å². The highest BCUT2D eigenvalue weighted by Crippen LogP contribution is 2.26. The van der Waals surface area contributed by atoms with Crippen LogP contribution in [-0.2, 0) is 11.3 Å². The van der Waals surface area contributed by atoms with Crippen molar-refractivity contribution in [2.75, 3.05) is 26.0 Å². The van der Waals surface area contributed by atoms with Crippen molar-refractivity contribution >= 4 is 40.7 Å². The van der Waals surface area contributed by atoms with Gasteiger partial charge in [-0.1, -0.05) is 41.4 Å². The minimum absolute atomic E-state index is 0.174. The highest BCUT2D eigenvalue weighted by atomic mass is 35.5. The molecule has 2 rings (SSSR count). The van der Waals surface area contributed by atoms with Gasteiger partial charge in [0.05, 0.1) is 16.6 Å². The summed E-state index contributed by atoms with van der Waals surface area (Å²) >= 11 is 12.2. The predicted molar refractivity (Wildman–Crippen MR) is 101 cm³/mol.